The molecule has 0 amide bonds. The Morgan fingerprint density at radius 2 is 1.93 bits per heavy atom. The topological polar surface area (TPSA) is 64.7 Å². The number of benzene rings is 1. The van der Waals surface area contributed by atoms with Gasteiger partial charge in [0.2, 0.25) is 0 Å². The van der Waals surface area contributed by atoms with Crippen molar-refractivity contribution in [3.8, 4) is 11.5 Å². The molecule has 0 spiro atoms. The standard InChI is InChI=1S/C10H15NO3/c1-6-4-7(13-2)5-8(14-3)9(6)10(11)12/h4-5,10,12H,11H2,1-3H3. The predicted octanol–water partition coefficient (Wildman–Crippen LogP) is 0.962. The van der Waals surface area contributed by atoms with Crippen molar-refractivity contribution in [2.24, 2.45) is 5.73 Å². The van der Waals surface area contributed by atoms with Gasteiger partial charge in [-0.2, -0.15) is 0 Å². The maximum atomic E-state index is 9.34. The van der Waals surface area contributed by atoms with Crippen molar-refractivity contribution in [1.29, 1.82) is 0 Å². The molecule has 0 radical (unpaired) electrons. The van der Waals surface area contributed by atoms with E-state index in [2.05, 4.69) is 0 Å². The highest BCUT2D eigenvalue weighted by molar-refractivity contribution is 5.47. The van der Waals surface area contributed by atoms with E-state index in [9.17, 15) is 5.11 Å². The Morgan fingerprint density at radius 1 is 1.29 bits per heavy atom. The van der Waals surface area contributed by atoms with Gasteiger partial charge < -0.3 is 20.3 Å². The van der Waals surface area contributed by atoms with Crippen LogP contribution < -0.4 is 15.2 Å². The van der Waals surface area contributed by atoms with Crippen LogP contribution in [0.2, 0.25) is 0 Å². The maximum absolute atomic E-state index is 9.34. The molecule has 0 saturated heterocycles. The van der Waals surface area contributed by atoms with E-state index in [1.165, 1.54) is 7.11 Å². The average Bonchev–Trinajstić information content (AvgIpc) is 2.15. The Hall–Kier alpha value is -1.26. The molecule has 0 fully saturated rings. The van der Waals surface area contributed by atoms with E-state index in [-0.39, 0.29) is 0 Å². The Labute approximate surface area is 83.3 Å². The summed E-state index contributed by atoms with van der Waals surface area (Å²) < 4.78 is 10.2. The highest BCUT2D eigenvalue weighted by Crippen LogP contribution is 2.30. The minimum atomic E-state index is -1.03. The normalized spacial score (nSPS) is 12.4. The molecule has 0 aliphatic carbocycles. The number of nitrogens with two attached hydrogens (primary N) is 1. The van der Waals surface area contributed by atoms with E-state index in [0.717, 1.165) is 5.56 Å². The Bertz CT molecular complexity index is 323. The number of hydrogen-bond donors (Lipinski definition) is 2. The Kier molecular flexibility index (Phi) is 3.33. The van der Waals surface area contributed by atoms with Crippen LogP contribution in [0.1, 0.15) is 17.4 Å². The second-order valence-electron chi connectivity index (χ2n) is 3.01. The third kappa shape index (κ3) is 1.97. The number of aliphatic hydroxyl groups is 1. The molecule has 1 aromatic rings. The molecule has 0 bridgehead atoms. The number of aliphatic hydroxyl groups excluding tert-OH is 1. The summed E-state index contributed by atoms with van der Waals surface area (Å²) in [6, 6.07) is 3.49. The second-order valence-corrected chi connectivity index (χ2v) is 3.01. The summed E-state index contributed by atoms with van der Waals surface area (Å²) >= 11 is 0. The van der Waals surface area contributed by atoms with Crippen LogP contribution in [-0.4, -0.2) is 19.3 Å². The van der Waals surface area contributed by atoms with Crippen LogP contribution in [0, 0.1) is 6.92 Å². The van der Waals surface area contributed by atoms with Gasteiger partial charge in [0.15, 0.2) is 0 Å². The van der Waals surface area contributed by atoms with Crippen LogP contribution in [0.25, 0.3) is 0 Å². The van der Waals surface area contributed by atoms with Gasteiger partial charge in [-0.25, -0.2) is 0 Å². The molecule has 1 rings (SSSR count). The lowest BCUT2D eigenvalue weighted by Crippen LogP contribution is -2.12. The van der Waals surface area contributed by atoms with Crippen LogP contribution in [0.15, 0.2) is 12.1 Å². The first kappa shape index (κ1) is 10.8. The third-order valence-corrected chi connectivity index (χ3v) is 2.07. The summed E-state index contributed by atoms with van der Waals surface area (Å²) in [5.41, 5.74) is 6.85. The van der Waals surface area contributed by atoms with Crippen molar-refractivity contribution in [1.82, 2.24) is 0 Å². The molecule has 1 unspecified atom stereocenters. The van der Waals surface area contributed by atoms with Crippen LogP contribution in [0.3, 0.4) is 0 Å². The lowest BCUT2D eigenvalue weighted by Gasteiger charge is -2.15. The Balaban J connectivity index is 3.27. The smallest absolute Gasteiger partial charge is 0.132 e. The van der Waals surface area contributed by atoms with Gasteiger partial charge in [-0.3, -0.25) is 0 Å². The fourth-order valence-electron chi connectivity index (χ4n) is 1.40. The van der Waals surface area contributed by atoms with E-state index in [4.69, 9.17) is 15.2 Å². The van der Waals surface area contributed by atoms with E-state index in [0.29, 0.717) is 17.1 Å². The first-order valence-electron chi connectivity index (χ1n) is 4.26. The predicted molar refractivity (Wildman–Crippen MR) is 53.4 cm³/mol. The monoisotopic (exact) mass is 197 g/mol. The van der Waals surface area contributed by atoms with Gasteiger partial charge in [0.05, 0.1) is 14.2 Å². The molecule has 14 heavy (non-hydrogen) atoms. The third-order valence-electron chi connectivity index (χ3n) is 2.07. The summed E-state index contributed by atoms with van der Waals surface area (Å²) in [6.45, 7) is 1.84. The lowest BCUT2D eigenvalue weighted by atomic mass is 10.1. The zero-order chi connectivity index (χ0) is 10.7. The minimum absolute atomic E-state index is 0.539. The van der Waals surface area contributed by atoms with Crippen molar-refractivity contribution >= 4 is 0 Å². The van der Waals surface area contributed by atoms with Gasteiger partial charge in [0.25, 0.3) is 0 Å². The molecule has 0 aliphatic rings. The fraction of sp³-hybridized carbons (Fsp3) is 0.400. The second kappa shape index (κ2) is 4.30. The molecule has 0 heterocycles. The molecule has 0 aliphatic heterocycles. The number of ether oxygens (including phenoxy) is 2. The van der Waals surface area contributed by atoms with Gasteiger partial charge in [-0.05, 0) is 18.6 Å². The maximum Gasteiger partial charge on any atom is 0.132 e. The molecular weight excluding hydrogens is 182 g/mol. The summed E-state index contributed by atoms with van der Waals surface area (Å²) in [7, 11) is 3.10. The first-order chi connectivity index (χ1) is 6.60. The molecule has 0 saturated carbocycles. The van der Waals surface area contributed by atoms with Crippen molar-refractivity contribution in [2.45, 2.75) is 13.2 Å². The van der Waals surface area contributed by atoms with Crippen LogP contribution >= 0.6 is 0 Å². The minimum Gasteiger partial charge on any atom is -0.497 e. The number of hydrogen-bond acceptors (Lipinski definition) is 4. The number of aryl methyl sites for hydroxylation is 1. The summed E-state index contributed by atoms with van der Waals surface area (Å²) in [5, 5.41) is 9.34. The van der Waals surface area contributed by atoms with Crippen molar-refractivity contribution < 1.29 is 14.6 Å². The van der Waals surface area contributed by atoms with E-state index in [1.54, 1.807) is 19.2 Å². The van der Waals surface area contributed by atoms with Crippen LogP contribution in [0.5, 0.6) is 11.5 Å². The van der Waals surface area contributed by atoms with Gasteiger partial charge in [0, 0.05) is 11.6 Å². The molecule has 0 aromatic heterocycles. The summed E-state index contributed by atoms with van der Waals surface area (Å²) in [4.78, 5) is 0. The van der Waals surface area contributed by atoms with Crippen LogP contribution in [0.4, 0.5) is 0 Å². The average molecular weight is 197 g/mol. The molecule has 4 nitrogen and oxygen atoms in total. The largest absolute Gasteiger partial charge is 0.497 e. The van der Waals surface area contributed by atoms with Crippen molar-refractivity contribution in [3.05, 3.63) is 23.3 Å². The summed E-state index contributed by atoms with van der Waals surface area (Å²) in [6.07, 6.45) is -1.03. The zero-order valence-corrected chi connectivity index (χ0v) is 8.57. The zero-order valence-electron chi connectivity index (χ0n) is 8.57. The number of rotatable bonds is 3. The molecular formula is C10H15NO3. The molecule has 3 N–H and O–H groups in total. The molecule has 1 aromatic carbocycles. The highest BCUT2D eigenvalue weighted by atomic mass is 16.5. The molecule has 78 valence electrons. The van der Waals surface area contributed by atoms with Gasteiger partial charge >= 0.3 is 0 Å². The van der Waals surface area contributed by atoms with Crippen LogP contribution in [-0.2, 0) is 0 Å². The van der Waals surface area contributed by atoms with E-state index in [1.807, 2.05) is 6.92 Å². The van der Waals surface area contributed by atoms with E-state index >= 15 is 0 Å². The SMILES string of the molecule is COc1cc(C)c(C(N)O)c(OC)c1. The van der Waals surface area contributed by atoms with Gasteiger partial charge in [-0.15, -0.1) is 0 Å². The van der Waals surface area contributed by atoms with Gasteiger partial charge in [0.1, 0.15) is 17.7 Å². The van der Waals surface area contributed by atoms with Crippen molar-refractivity contribution in [3.63, 3.8) is 0 Å². The fourth-order valence-corrected chi connectivity index (χ4v) is 1.40. The Morgan fingerprint density at radius 3 is 2.36 bits per heavy atom. The first-order valence-corrected chi connectivity index (χ1v) is 4.26. The summed E-state index contributed by atoms with van der Waals surface area (Å²) in [5.74, 6) is 1.22. The number of methoxy groups -OCH3 is 2. The van der Waals surface area contributed by atoms with E-state index < -0.39 is 6.23 Å². The molecule has 1 atom stereocenters. The highest BCUT2D eigenvalue weighted by Gasteiger charge is 2.13. The lowest BCUT2D eigenvalue weighted by molar-refractivity contribution is 0.180. The molecule has 4 heteroatoms. The van der Waals surface area contributed by atoms with Gasteiger partial charge in [-0.1, -0.05) is 0 Å². The quantitative estimate of drug-likeness (QED) is 0.708. The van der Waals surface area contributed by atoms with Crippen molar-refractivity contribution in [2.75, 3.05) is 14.2 Å².